The van der Waals surface area contributed by atoms with Crippen LogP contribution >= 0.6 is 15.9 Å². The fourth-order valence-corrected chi connectivity index (χ4v) is 1.89. The summed E-state index contributed by atoms with van der Waals surface area (Å²) in [5.41, 5.74) is 3.17. The molecule has 0 unspecified atom stereocenters. The summed E-state index contributed by atoms with van der Waals surface area (Å²) in [6.45, 7) is 8.31. The summed E-state index contributed by atoms with van der Waals surface area (Å²) >= 11 is 3.52. The fourth-order valence-electron chi connectivity index (χ4n) is 1.66. The largest absolute Gasteiger partial charge is 0.326 e. The Morgan fingerprint density at radius 2 is 1.82 bits per heavy atom. The Bertz CT molecular complexity index is 390. The maximum atomic E-state index is 11.7. The van der Waals surface area contributed by atoms with E-state index in [-0.39, 0.29) is 5.91 Å². The molecule has 2 nitrogen and oxygen atoms in total. The molecule has 0 radical (unpaired) electrons. The van der Waals surface area contributed by atoms with Crippen LogP contribution in [0.15, 0.2) is 16.6 Å². The van der Waals surface area contributed by atoms with Crippen molar-refractivity contribution < 1.29 is 4.79 Å². The smallest absolute Gasteiger partial charge is 0.224 e. The van der Waals surface area contributed by atoms with E-state index in [0.717, 1.165) is 27.7 Å². The van der Waals surface area contributed by atoms with Crippen molar-refractivity contribution in [2.45, 2.75) is 40.5 Å². The Kier molecular flexibility index (Phi) is 5.19. The standard InChI is InChI=1S/C14H20BrNO/c1-9(2)5-6-13(17)16-12-7-10(3)14(15)11(4)8-12/h7-9H,5-6H2,1-4H3,(H,16,17). The van der Waals surface area contributed by atoms with E-state index in [0.29, 0.717) is 12.3 Å². The van der Waals surface area contributed by atoms with Crippen LogP contribution in [0.3, 0.4) is 0 Å². The van der Waals surface area contributed by atoms with Crippen molar-refractivity contribution in [1.82, 2.24) is 0 Å². The molecule has 0 saturated heterocycles. The van der Waals surface area contributed by atoms with Crippen molar-refractivity contribution in [3.8, 4) is 0 Å². The molecule has 0 bridgehead atoms. The van der Waals surface area contributed by atoms with Gasteiger partial charge in [-0.05, 0) is 49.4 Å². The Balaban J connectivity index is 2.66. The number of benzene rings is 1. The van der Waals surface area contributed by atoms with Crippen LogP contribution in [0, 0.1) is 19.8 Å². The third kappa shape index (κ3) is 4.50. The van der Waals surface area contributed by atoms with Gasteiger partial charge in [0.05, 0.1) is 0 Å². The molecule has 0 fully saturated rings. The molecule has 0 aliphatic carbocycles. The van der Waals surface area contributed by atoms with Crippen molar-refractivity contribution in [1.29, 1.82) is 0 Å². The first-order valence-electron chi connectivity index (χ1n) is 5.96. The van der Waals surface area contributed by atoms with E-state index in [4.69, 9.17) is 0 Å². The van der Waals surface area contributed by atoms with Crippen LogP contribution in [0.1, 0.15) is 37.8 Å². The van der Waals surface area contributed by atoms with Gasteiger partial charge in [-0.1, -0.05) is 29.8 Å². The minimum Gasteiger partial charge on any atom is -0.326 e. The zero-order valence-electron chi connectivity index (χ0n) is 10.9. The van der Waals surface area contributed by atoms with Gasteiger partial charge >= 0.3 is 0 Å². The highest BCUT2D eigenvalue weighted by atomic mass is 79.9. The maximum Gasteiger partial charge on any atom is 0.224 e. The topological polar surface area (TPSA) is 29.1 Å². The summed E-state index contributed by atoms with van der Waals surface area (Å²) < 4.78 is 1.11. The Labute approximate surface area is 112 Å². The first-order valence-corrected chi connectivity index (χ1v) is 6.76. The highest BCUT2D eigenvalue weighted by molar-refractivity contribution is 9.10. The van der Waals surface area contributed by atoms with Crippen LogP contribution in [-0.4, -0.2) is 5.91 Å². The van der Waals surface area contributed by atoms with Gasteiger partial charge in [-0.15, -0.1) is 0 Å². The summed E-state index contributed by atoms with van der Waals surface area (Å²) in [5.74, 6) is 0.661. The number of rotatable bonds is 4. The van der Waals surface area contributed by atoms with E-state index in [1.807, 2.05) is 26.0 Å². The lowest BCUT2D eigenvalue weighted by atomic mass is 10.1. The van der Waals surface area contributed by atoms with Gasteiger partial charge in [0.1, 0.15) is 0 Å². The monoisotopic (exact) mass is 297 g/mol. The third-order valence-corrected chi connectivity index (χ3v) is 3.92. The molecule has 17 heavy (non-hydrogen) atoms. The Hall–Kier alpha value is -0.830. The Morgan fingerprint density at radius 1 is 1.29 bits per heavy atom. The zero-order chi connectivity index (χ0) is 13.0. The van der Waals surface area contributed by atoms with Crippen molar-refractivity contribution in [3.05, 3.63) is 27.7 Å². The summed E-state index contributed by atoms with van der Waals surface area (Å²) in [7, 11) is 0. The first-order chi connectivity index (χ1) is 7.90. The summed E-state index contributed by atoms with van der Waals surface area (Å²) in [6.07, 6.45) is 1.52. The molecule has 94 valence electrons. The second kappa shape index (κ2) is 6.20. The van der Waals surface area contributed by atoms with Crippen LogP contribution in [0.2, 0.25) is 0 Å². The quantitative estimate of drug-likeness (QED) is 0.874. The average Bonchev–Trinajstić information content (AvgIpc) is 2.23. The highest BCUT2D eigenvalue weighted by Crippen LogP contribution is 2.25. The van der Waals surface area contributed by atoms with Gasteiger partial charge in [-0.2, -0.15) is 0 Å². The number of carbonyl (C=O) groups excluding carboxylic acids is 1. The molecule has 0 atom stereocenters. The molecule has 0 saturated carbocycles. The van der Waals surface area contributed by atoms with Crippen LogP contribution in [0.25, 0.3) is 0 Å². The van der Waals surface area contributed by atoms with Gasteiger partial charge in [0.15, 0.2) is 0 Å². The Morgan fingerprint density at radius 3 is 2.29 bits per heavy atom. The molecular weight excluding hydrogens is 278 g/mol. The predicted octanol–water partition coefficient (Wildman–Crippen LogP) is 4.44. The van der Waals surface area contributed by atoms with E-state index in [1.165, 1.54) is 0 Å². The molecule has 1 rings (SSSR count). The minimum absolute atomic E-state index is 0.0971. The second-order valence-corrected chi connectivity index (χ2v) is 5.70. The molecule has 0 aliphatic rings. The number of hydrogen-bond acceptors (Lipinski definition) is 1. The van der Waals surface area contributed by atoms with Crippen LogP contribution in [-0.2, 0) is 4.79 Å². The third-order valence-electron chi connectivity index (χ3n) is 2.67. The molecule has 0 aromatic heterocycles. The normalized spacial score (nSPS) is 10.7. The average molecular weight is 298 g/mol. The molecule has 0 heterocycles. The van der Waals surface area contributed by atoms with Crippen LogP contribution < -0.4 is 5.32 Å². The molecule has 1 aromatic rings. The summed E-state index contributed by atoms with van der Waals surface area (Å²) in [6, 6.07) is 3.98. The number of amides is 1. The number of hydrogen-bond donors (Lipinski definition) is 1. The lowest BCUT2D eigenvalue weighted by Crippen LogP contribution is -2.12. The van der Waals surface area contributed by atoms with Gasteiger partial charge in [-0.3, -0.25) is 4.79 Å². The van der Waals surface area contributed by atoms with Crippen molar-refractivity contribution in [2.75, 3.05) is 5.32 Å². The van der Waals surface area contributed by atoms with Crippen molar-refractivity contribution in [3.63, 3.8) is 0 Å². The number of halogens is 1. The SMILES string of the molecule is Cc1cc(NC(=O)CCC(C)C)cc(C)c1Br. The fraction of sp³-hybridized carbons (Fsp3) is 0.500. The summed E-state index contributed by atoms with van der Waals surface area (Å²) in [5, 5.41) is 2.95. The molecular formula is C14H20BrNO. The van der Waals surface area contributed by atoms with Crippen molar-refractivity contribution in [2.24, 2.45) is 5.92 Å². The lowest BCUT2D eigenvalue weighted by Gasteiger charge is -2.10. The summed E-state index contributed by atoms with van der Waals surface area (Å²) in [4.78, 5) is 11.7. The molecule has 1 aromatic carbocycles. The van der Waals surface area contributed by atoms with E-state index in [9.17, 15) is 4.79 Å². The first kappa shape index (κ1) is 14.2. The van der Waals surface area contributed by atoms with E-state index < -0.39 is 0 Å². The minimum atomic E-state index is 0.0971. The number of anilines is 1. The lowest BCUT2D eigenvalue weighted by molar-refractivity contribution is -0.116. The second-order valence-electron chi connectivity index (χ2n) is 4.90. The van der Waals surface area contributed by atoms with Crippen molar-refractivity contribution >= 4 is 27.5 Å². The maximum absolute atomic E-state index is 11.7. The van der Waals surface area contributed by atoms with E-state index in [2.05, 4.69) is 35.1 Å². The van der Waals surface area contributed by atoms with E-state index >= 15 is 0 Å². The highest BCUT2D eigenvalue weighted by Gasteiger charge is 2.06. The number of aryl methyl sites for hydroxylation is 2. The van der Waals surface area contributed by atoms with Gasteiger partial charge in [0.2, 0.25) is 5.91 Å². The molecule has 0 aliphatic heterocycles. The molecule has 0 spiro atoms. The zero-order valence-corrected chi connectivity index (χ0v) is 12.5. The van der Waals surface area contributed by atoms with Gasteiger partial charge in [0.25, 0.3) is 0 Å². The molecule has 3 heteroatoms. The van der Waals surface area contributed by atoms with Crippen LogP contribution in [0.5, 0.6) is 0 Å². The van der Waals surface area contributed by atoms with E-state index in [1.54, 1.807) is 0 Å². The predicted molar refractivity (Wildman–Crippen MR) is 76.3 cm³/mol. The van der Waals surface area contributed by atoms with Gasteiger partial charge in [0, 0.05) is 16.6 Å². The number of carbonyl (C=O) groups is 1. The molecule has 1 amide bonds. The van der Waals surface area contributed by atoms with Crippen LogP contribution in [0.4, 0.5) is 5.69 Å². The van der Waals surface area contributed by atoms with Gasteiger partial charge < -0.3 is 5.32 Å². The molecule has 1 N–H and O–H groups in total. The van der Waals surface area contributed by atoms with Gasteiger partial charge in [-0.25, -0.2) is 0 Å². The number of nitrogens with one attached hydrogen (secondary N) is 1.